The van der Waals surface area contributed by atoms with Gasteiger partial charge in [-0.3, -0.25) is 4.79 Å². The molecule has 0 unspecified atom stereocenters. The fraction of sp³-hybridized carbons (Fsp3) is 0.278. The highest BCUT2D eigenvalue weighted by molar-refractivity contribution is 5.78. The molecule has 0 bridgehead atoms. The van der Waals surface area contributed by atoms with Gasteiger partial charge in [0.15, 0.2) is 0 Å². The van der Waals surface area contributed by atoms with Gasteiger partial charge < -0.3 is 10.1 Å². The van der Waals surface area contributed by atoms with Crippen LogP contribution >= 0.6 is 0 Å². The van der Waals surface area contributed by atoms with Crippen molar-refractivity contribution in [1.82, 2.24) is 5.32 Å². The van der Waals surface area contributed by atoms with E-state index in [1.54, 1.807) is 19.2 Å². The van der Waals surface area contributed by atoms with Gasteiger partial charge in [0.1, 0.15) is 5.75 Å². The average molecular weight is 337 g/mol. The number of benzene rings is 2. The Bertz CT molecular complexity index is 681. The second-order valence-electron chi connectivity index (χ2n) is 5.32. The molecule has 3 nitrogen and oxygen atoms in total. The van der Waals surface area contributed by atoms with Crippen LogP contribution in [0.5, 0.6) is 5.75 Å². The van der Waals surface area contributed by atoms with Gasteiger partial charge in [-0.25, -0.2) is 0 Å². The zero-order chi connectivity index (χ0) is 17.6. The number of halogens is 3. The third-order valence-corrected chi connectivity index (χ3v) is 3.52. The molecule has 2 aromatic carbocycles. The van der Waals surface area contributed by atoms with Gasteiger partial charge in [0, 0.05) is 6.54 Å². The molecule has 0 fully saturated rings. The van der Waals surface area contributed by atoms with Gasteiger partial charge >= 0.3 is 6.18 Å². The Kier molecular flexibility index (Phi) is 5.84. The zero-order valence-corrected chi connectivity index (χ0v) is 13.2. The molecule has 0 atom stereocenters. The molecule has 0 aliphatic rings. The largest absolute Gasteiger partial charge is 0.497 e. The predicted molar refractivity (Wildman–Crippen MR) is 84.9 cm³/mol. The molecular weight excluding hydrogens is 319 g/mol. The molecule has 6 heteroatoms. The maximum Gasteiger partial charge on any atom is 0.416 e. The molecular formula is C18H18F3NO2. The van der Waals surface area contributed by atoms with Gasteiger partial charge in [-0.2, -0.15) is 13.2 Å². The molecule has 0 aliphatic carbocycles. The number of alkyl halides is 3. The van der Waals surface area contributed by atoms with E-state index in [1.807, 2.05) is 12.1 Å². The second-order valence-corrected chi connectivity index (χ2v) is 5.32. The van der Waals surface area contributed by atoms with Crippen molar-refractivity contribution in [2.75, 3.05) is 13.7 Å². The Morgan fingerprint density at radius 3 is 2.42 bits per heavy atom. The summed E-state index contributed by atoms with van der Waals surface area (Å²) in [5.74, 6) is 0.542. The van der Waals surface area contributed by atoms with E-state index in [9.17, 15) is 18.0 Å². The minimum Gasteiger partial charge on any atom is -0.497 e. The number of methoxy groups -OCH3 is 1. The van der Waals surface area contributed by atoms with Crippen LogP contribution in [0.4, 0.5) is 13.2 Å². The van der Waals surface area contributed by atoms with Crippen LogP contribution in [0.15, 0.2) is 48.5 Å². The standard InChI is InChI=1S/C18H18F3NO2/c1-24-16-4-2-3-14(11-16)12-17(23)22-10-9-13-5-7-15(8-6-13)18(19,20)21/h2-8,11H,9-10,12H2,1H3,(H,22,23). The number of carbonyl (C=O) groups is 1. The Balaban J connectivity index is 1.80. The third-order valence-electron chi connectivity index (χ3n) is 3.52. The average Bonchev–Trinajstić information content (AvgIpc) is 2.54. The molecule has 0 aliphatic heterocycles. The van der Waals surface area contributed by atoms with Crippen molar-refractivity contribution < 1.29 is 22.7 Å². The number of rotatable bonds is 6. The number of hydrogen-bond acceptors (Lipinski definition) is 2. The quantitative estimate of drug-likeness (QED) is 0.874. The molecule has 1 amide bonds. The predicted octanol–water partition coefficient (Wildman–Crippen LogP) is 3.62. The lowest BCUT2D eigenvalue weighted by molar-refractivity contribution is -0.137. The lowest BCUT2D eigenvalue weighted by atomic mass is 10.1. The van der Waals surface area contributed by atoms with Crippen LogP contribution in [-0.2, 0) is 23.8 Å². The highest BCUT2D eigenvalue weighted by atomic mass is 19.4. The molecule has 2 aromatic rings. The monoisotopic (exact) mass is 337 g/mol. The van der Waals surface area contributed by atoms with Crippen LogP contribution in [0.3, 0.4) is 0 Å². The van der Waals surface area contributed by atoms with E-state index in [0.717, 1.165) is 23.3 Å². The molecule has 24 heavy (non-hydrogen) atoms. The summed E-state index contributed by atoms with van der Waals surface area (Å²) < 4.78 is 42.5. The van der Waals surface area contributed by atoms with Crippen molar-refractivity contribution in [2.45, 2.75) is 19.0 Å². The Hall–Kier alpha value is -2.50. The van der Waals surface area contributed by atoms with Gasteiger partial charge in [-0.15, -0.1) is 0 Å². The summed E-state index contributed by atoms with van der Waals surface area (Å²) in [4.78, 5) is 11.9. The number of nitrogens with one attached hydrogen (secondary N) is 1. The number of amides is 1. The van der Waals surface area contributed by atoms with E-state index in [0.29, 0.717) is 18.7 Å². The van der Waals surface area contributed by atoms with Crippen LogP contribution in [-0.4, -0.2) is 19.6 Å². The van der Waals surface area contributed by atoms with E-state index < -0.39 is 11.7 Å². The van der Waals surface area contributed by atoms with E-state index in [1.165, 1.54) is 12.1 Å². The van der Waals surface area contributed by atoms with Crippen molar-refractivity contribution in [2.24, 2.45) is 0 Å². The minimum atomic E-state index is -4.33. The summed E-state index contributed by atoms with van der Waals surface area (Å²) in [6.07, 6.45) is -3.63. The molecule has 1 N–H and O–H groups in total. The van der Waals surface area contributed by atoms with Crippen molar-refractivity contribution in [1.29, 1.82) is 0 Å². The smallest absolute Gasteiger partial charge is 0.416 e. The van der Waals surface area contributed by atoms with Gasteiger partial charge in [-0.05, 0) is 41.8 Å². The maximum atomic E-state index is 12.5. The lowest BCUT2D eigenvalue weighted by Crippen LogP contribution is -2.27. The van der Waals surface area contributed by atoms with Crippen molar-refractivity contribution in [3.05, 3.63) is 65.2 Å². The van der Waals surface area contributed by atoms with Crippen LogP contribution in [0.25, 0.3) is 0 Å². The topological polar surface area (TPSA) is 38.3 Å². The molecule has 0 spiro atoms. The molecule has 0 heterocycles. The number of hydrogen-bond donors (Lipinski definition) is 1. The third kappa shape index (κ3) is 5.30. The summed E-state index contributed by atoms with van der Waals surface area (Å²) in [7, 11) is 1.56. The van der Waals surface area contributed by atoms with Crippen LogP contribution < -0.4 is 10.1 Å². The molecule has 0 aromatic heterocycles. The van der Waals surface area contributed by atoms with E-state index in [2.05, 4.69) is 5.32 Å². The molecule has 0 saturated carbocycles. The van der Waals surface area contributed by atoms with Crippen LogP contribution in [0.2, 0.25) is 0 Å². The van der Waals surface area contributed by atoms with Gasteiger partial charge in [-0.1, -0.05) is 24.3 Å². The second kappa shape index (κ2) is 7.86. The Morgan fingerprint density at radius 2 is 1.79 bits per heavy atom. The fourth-order valence-corrected chi connectivity index (χ4v) is 2.24. The normalized spacial score (nSPS) is 11.2. The fourth-order valence-electron chi connectivity index (χ4n) is 2.24. The number of carbonyl (C=O) groups excluding carboxylic acids is 1. The Morgan fingerprint density at radius 1 is 1.08 bits per heavy atom. The zero-order valence-electron chi connectivity index (χ0n) is 13.2. The van der Waals surface area contributed by atoms with E-state index >= 15 is 0 Å². The van der Waals surface area contributed by atoms with E-state index in [-0.39, 0.29) is 12.3 Å². The van der Waals surface area contributed by atoms with Gasteiger partial charge in [0.05, 0.1) is 19.1 Å². The lowest BCUT2D eigenvalue weighted by Gasteiger charge is -2.09. The molecule has 0 saturated heterocycles. The van der Waals surface area contributed by atoms with Crippen LogP contribution in [0, 0.1) is 0 Å². The number of ether oxygens (including phenoxy) is 1. The van der Waals surface area contributed by atoms with Gasteiger partial charge in [0.2, 0.25) is 5.91 Å². The maximum absolute atomic E-state index is 12.5. The summed E-state index contributed by atoms with van der Waals surface area (Å²) in [6.45, 7) is 0.369. The highest BCUT2D eigenvalue weighted by Gasteiger charge is 2.29. The SMILES string of the molecule is COc1cccc(CC(=O)NCCc2ccc(C(F)(F)F)cc2)c1. The van der Waals surface area contributed by atoms with Crippen molar-refractivity contribution in [3.63, 3.8) is 0 Å². The first-order valence-electron chi connectivity index (χ1n) is 7.44. The summed E-state index contributed by atoms with van der Waals surface area (Å²) in [6, 6.07) is 12.2. The first-order valence-corrected chi connectivity index (χ1v) is 7.44. The first-order chi connectivity index (χ1) is 11.4. The molecule has 2 rings (SSSR count). The van der Waals surface area contributed by atoms with Crippen molar-refractivity contribution >= 4 is 5.91 Å². The van der Waals surface area contributed by atoms with E-state index in [4.69, 9.17) is 4.74 Å². The minimum absolute atomic E-state index is 0.143. The summed E-state index contributed by atoms with van der Waals surface area (Å²) in [5.41, 5.74) is 0.902. The molecule has 128 valence electrons. The van der Waals surface area contributed by atoms with Crippen molar-refractivity contribution in [3.8, 4) is 5.75 Å². The highest BCUT2D eigenvalue weighted by Crippen LogP contribution is 2.29. The molecule has 0 radical (unpaired) electrons. The Labute approximate surface area is 138 Å². The summed E-state index contributed by atoms with van der Waals surface area (Å²) >= 11 is 0. The first kappa shape index (κ1) is 17.8. The van der Waals surface area contributed by atoms with Crippen LogP contribution in [0.1, 0.15) is 16.7 Å². The van der Waals surface area contributed by atoms with Gasteiger partial charge in [0.25, 0.3) is 0 Å². The summed E-state index contributed by atoms with van der Waals surface area (Å²) in [5, 5.41) is 2.76.